The van der Waals surface area contributed by atoms with Gasteiger partial charge in [0.25, 0.3) is 0 Å². The van der Waals surface area contributed by atoms with Crippen LogP contribution in [-0.2, 0) is 16.0 Å². The first-order valence-corrected chi connectivity index (χ1v) is 6.08. The molecule has 0 saturated heterocycles. The molecule has 100 valence electrons. The van der Waals surface area contributed by atoms with Gasteiger partial charge in [0.15, 0.2) is 5.82 Å². The van der Waals surface area contributed by atoms with Crippen LogP contribution < -0.4 is 0 Å². The third-order valence-electron chi connectivity index (χ3n) is 2.61. The molecule has 1 atom stereocenters. The topological polar surface area (TPSA) is 78.1 Å². The van der Waals surface area contributed by atoms with Crippen LogP contribution in [0.1, 0.15) is 37.0 Å². The number of esters is 1. The number of rotatable bonds is 5. The van der Waals surface area contributed by atoms with Gasteiger partial charge in [-0.25, -0.2) is 0 Å². The molecule has 0 N–H and O–H groups in total. The Morgan fingerprint density at radius 1 is 1.42 bits per heavy atom. The fourth-order valence-electron chi connectivity index (χ4n) is 1.57. The number of ether oxygens (including phenoxy) is 1. The Morgan fingerprint density at radius 3 is 2.84 bits per heavy atom. The van der Waals surface area contributed by atoms with Crippen LogP contribution in [-0.4, -0.2) is 27.7 Å². The van der Waals surface area contributed by atoms with Gasteiger partial charge in [-0.3, -0.25) is 9.78 Å². The molecular weight excluding hydrogens is 246 g/mol. The lowest BCUT2D eigenvalue weighted by Crippen LogP contribution is -2.13. The van der Waals surface area contributed by atoms with Crippen LogP contribution in [0.15, 0.2) is 29.0 Å². The van der Waals surface area contributed by atoms with Gasteiger partial charge in [0.2, 0.25) is 5.89 Å². The average Bonchev–Trinajstić information content (AvgIpc) is 2.88. The number of carbonyl (C=O) groups is 1. The van der Waals surface area contributed by atoms with Crippen LogP contribution in [0.4, 0.5) is 0 Å². The van der Waals surface area contributed by atoms with Crippen LogP contribution in [0.5, 0.6) is 0 Å². The maximum absolute atomic E-state index is 11.6. The Kier molecular flexibility index (Phi) is 4.22. The largest absolute Gasteiger partial charge is 0.465 e. The Labute approximate surface area is 110 Å². The molecule has 0 aliphatic carbocycles. The Hall–Kier alpha value is -2.24. The normalized spacial score (nSPS) is 12.1. The zero-order chi connectivity index (χ0) is 13.7. The lowest BCUT2D eigenvalue weighted by Gasteiger charge is -2.04. The van der Waals surface area contributed by atoms with Crippen molar-refractivity contribution in [2.24, 2.45) is 0 Å². The van der Waals surface area contributed by atoms with Gasteiger partial charge in [-0.1, -0.05) is 5.16 Å². The van der Waals surface area contributed by atoms with Gasteiger partial charge < -0.3 is 9.26 Å². The highest BCUT2D eigenvalue weighted by atomic mass is 16.5. The molecule has 0 bridgehead atoms. The first-order valence-electron chi connectivity index (χ1n) is 6.08. The van der Waals surface area contributed by atoms with Gasteiger partial charge in [-0.2, -0.15) is 4.98 Å². The van der Waals surface area contributed by atoms with Crippen LogP contribution in [0, 0.1) is 0 Å². The minimum Gasteiger partial charge on any atom is -0.465 e. The van der Waals surface area contributed by atoms with Gasteiger partial charge in [-0.15, -0.1) is 0 Å². The Morgan fingerprint density at radius 2 is 2.16 bits per heavy atom. The molecule has 0 aliphatic heterocycles. The first-order chi connectivity index (χ1) is 9.20. The van der Waals surface area contributed by atoms with Crippen LogP contribution in [0.3, 0.4) is 0 Å². The second-order valence-electron chi connectivity index (χ2n) is 4.05. The van der Waals surface area contributed by atoms with E-state index in [1.165, 1.54) is 0 Å². The molecule has 0 radical (unpaired) electrons. The van der Waals surface area contributed by atoms with E-state index in [0.29, 0.717) is 18.9 Å². The maximum Gasteiger partial charge on any atom is 0.318 e. The van der Waals surface area contributed by atoms with Crippen molar-refractivity contribution in [3.05, 3.63) is 41.8 Å². The van der Waals surface area contributed by atoms with Crippen molar-refractivity contribution >= 4 is 5.97 Å². The van der Waals surface area contributed by atoms with E-state index >= 15 is 0 Å². The third-order valence-corrected chi connectivity index (χ3v) is 2.61. The van der Waals surface area contributed by atoms with Crippen LogP contribution in [0.25, 0.3) is 0 Å². The molecule has 6 heteroatoms. The van der Waals surface area contributed by atoms with Crippen molar-refractivity contribution in [2.75, 3.05) is 6.61 Å². The second-order valence-corrected chi connectivity index (χ2v) is 4.05. The molecule has 0 aromatic carbocycles. The summed E-state index contributed by atoms with van der Waals surface area (Å²) in [6.45, 7) is 3.77. The fraction of sp³-hybridized carbons (Fsp3) is 0.385. The minimum absolute atomic E-state index is 0.280. The van der Waals surface area contributed by atoms with Crippen molar-refractivity contribution in [1.82, 2.24) is 15.1 Å². The van der Waals surface area contributed by atoms with Crippen LogP contribution >= 0.6 is 0 Å². The molecule has 2 aromatic rings. The lowest BCUT2D eigenvalue weighted by atomic mass is 10.2. The highest BCUT2D eigenvalue weighted by Crippen LogP contribution is 2.15. The molecule has 6 nitrogen and oxygen atoms in total. The fourth-order valence-corrected chi connectivity index (χ4v) is 1.57. The van der Waals surface area contributed by atoms with Gasteiger partial charge >= 0.3 is 5.97 Å². The monoisotopic (exact) mass is 261 g/mol. The maximum atomic E-state index is 11.6. The van der Waals surface area contributed by atoms with E-state index in [0.717, 1.165) is 5.56 Å². The van der Waals surface area contributed by atoms with Gasteiger partial charge in [0.05, 0.1) is 6.61 Å². The molecule has 2 heterocycles. The summed E-state index contributed by atoms with van der Waals surface area (Å²) in [7, 11) is 0. The summed E-state index contributed by atoms with van der Waals surface area (Å²) in [6, 6.07) is 3.76. The van der Waals surface area contributed by atoms with E-state index in [-0.39, 0.29) is 11.9 Å². The Balaban J connectivity index is 2.05. The summed E-state index contributed by atoms with van der Waals surface area (Å²) >= 11 is 0. The SMILES string of the molecule is CCOC(=O)C(C)c1nc(Cc2ccncc2)no1. The van der Waals surface area contributed by atoms with Crippen molar-refractivity contribution in [3.63, 3.8) is 0 Å². The molecule has 2 aromatic heterocycles. The lowest BCUT2D eigenvalue weighted by molar-refractivity contribution is -0.145. The molecule has 0 aliphatic rings. The second kappa shape index (κ2) is 6.08. The van der Waals surface area contributed by atoms with Crippen molar-refractivity contribution in [2.45, 2.75) is 26.2 Å². The van der Waals surface area contributed by atoms with E-state index in [1.807, 2.05) is 12.1 Å². The molecule has 2 rings (SSSR count). The van der Waals surface area contributed by atoms with Crippen molar-refractivity contribution in [3.8, 4) is 0 Å². The van der Waals surface area contributed by atoms with E-state index in [2.05, 4.69) is 15.1 Å². The Bertz CT molecular complexity index is 539. The molecule has 19 heavy (non-hydrogen) atoms. The minimum atomic E-state index is -0.543. The molecule has 0 fully saturated rings. The number of nitrogens with zero attached hydrogens (tertiary/aromatic N) is 3. The quantitative estimate of drug-likeness (QED) is 0.762. The molecule has 0 spiro atoms. The molecule has 0 amide bonds. The van der Waals surface area contributed by atoms with Gasteiger partial charge in [0.1, 0.15) is 5.92 Å². The van der Waals surface area contributed by atoms with Gasteiger partial charge in [0, 0.05) is 18.8 Å². The number of carbonyl (C=O) groups excluding carboxylic acids is 1. The van der Waals surface area contributed by atoms with E-state index in [1.54, 1.807) is 26.2 Å². The highest BCUT2D eigenvalue weighted by molar-refractivity contribution is 5.76. The number of hydrogen-bond acceptors (Lipinski definition) is 6. The zero-order valence-corrected chi connectivity index (χ0v) is 10.9. The number of aromatic nitrogens is 3. The summed E-state index contributed by atoms with van der Waals surface area (Å²) in [5.74, 6) is -0.0832. The molecule has 0 saturated carbocycles. The van der Waals surface area contributed by atoms with E-state index in [4.69, 9.17) is 9.26 Å². The number of pyridine rings is 1. The predicted molar refractivity (Wildman–Crippen MR) is 66.4 cm³/mol. The first kappa shape index (κ1) is 13.2. The van der Waals surface area contributed by atoms with E-state index in [9.17, 15) is 4.79 Å². The molecule has 1 unspecified atom stereocenters. The highest BCUT2D eigenvalue weighted by Gasteiger charge is 2.22. The number of hydrogen-bond donors (Lipinski definition) is 0. The summed E-state index contributed by atoms with van der Waals surface area (Å²) in [5.41, 5.74) is 1.03. The van der Waals surface area contributed by atoms with Crippen molar-refractivity contribution in [1.29, 1.82) is 0 Å². The standard InChI is InChI=1S/C13H15N3O3/c1-3-18-13(17)9(2)12-15-11(16-19-12)8-10-4-6-14-7-5-10/h4-7,9H,3,8H2,1-2H3. The summed E-state index contributed by atoms with van der Waals surface area (Å²) in [4.78, 5) is 19.7. The summed E-state index contributed by atoms with van der Waals surface area (Å²) < 4.78 is 10.00. The molecular formula is C13H15N3O3. The third kappa shape index (κ3) is 3.37. The average molecular weight is 261 g/mol. The zero-order valence-electron chi connectivity index (χ0n) is 10.9. The summed E-state index contributed by atoms with van der Waals surface area (Å²) in [5, 5.41) is 3.86. The smallest absolute Gasteiger partial charge is 0.318 e. The van der Waals surface area contributed by atoms with Crippen LogP contribution in [0.2, 0.25) is 0 Å². The van der Waals surface area contributed by atoms with E-state index < -0.39 is 5.92 Å². The summed E-state index contributed by atoms with van der Waals surface area (Å²) in [6.07, 6.45) is 3.96. The van der Waals surface area contributed by atoms with Crippen molar-refractivity contribution < 1.29 is 14.1 Å². The predicted octanol–water partition coefficient (Wildman–Crippen LogP) is 1.72. The van der Waals surface area contributed by atoms with Gasteiger partial charge in [-0.05, 0) is 31.5 Å².